The molecule has 1 aliphatic heterocycles. The van der Waals surface area contributed by atoms with Gasteiger partial charge in [-0.25, -0.2) is 19.2 Å². The van der Waals surface area contributed by atoms with Crippen LogP contribution in [-0.2, 0) is 23.9 Å². The van der Waals surface area contributed by atoms with Gasteiger partial charge in [-0.3, -0.25) is 0 Å². The Morgan fingerprint density at radius 3 is 1.69 bits per heavy atom. The zero-order valence-corrected chi connectivity index (χ0v) is 15.4. The monoisotopic (exact) mass is 366 g/mol. The molecule has 0 aromatic carbocycles. The van der Waals surface area contributed by atoms with E-state index in [9.17, 15) is 19.2 Å². The van der Waals surface area contributed by atoms with Gasteiger partial charge in [-0.2, -0.15) is 0 Å². The number of carboxylic acid groups (broad SMARTS) is 2. The summed E-state index contributed by atoms with van der Waals surface area (Å²) in [5.41, 5.74) is 0.891. The molecule has 0 amide bonds. The van der Waals surface area contributed by atoms with Crippen LogP contribution < -0.4 is 0 Å². The number of ether oxygens (including phenoxy) is 1. The fraction of sp³-hybridized carbons (Fsp3) is 0.474. The molecule has 2 N–H and O–H groups in total. The molecule has 1 heterocycles. The number of hydrogen-bond acceptors (Lipinski definition) is 5. The minimum absolute atomic E-state index is 0.389. The van der Waals surface area contributed by atoms with E-state index in [1.54, 1.807) is 26.8 Å². The standard InChI is InChI=1S/C10H16O2.C5H8O2.C4H2O3/c1-8(10(11)12)7-9-5-3-2-4-6-9;1-3-4(2)5(6)7;5-3-1-2-4(6)7-3/h7,9H,2-6H2,1H3,(H,11,12);3H,1-2H3,(H,6,7);1-2H. The smallest absolute Gasteiger partial charge is 0.338 e. The predicted molar refractivity (Wildman–Crippen MR) is 95.3 cm³/mol. The van der Waals surface area contributed by atoms with E-state index in [0.717, 1.165) is 12.2 Å². The number of hydrogen-bond donors (Lipinski definition) is 2. The number of cyclic esters (lactones) is 2. The third-order valence-corrected chi connectivity index (χ3v) is 3.80. The van der Waals surface area contributed by atoms with Crippen LogP contribution in [-0.4, -0.2) is 34.1 Å². The number of carboxylic acids is 2. The topological polar surface area (TPSA) is 118 Å². The zero-order valence-electron chi connectivity index (χ0n) is 15.4. The number of allylic oxidation sites excluding steroid dienone is 2. The van der Waals surface area contributed by atoms with Crippen molar-refractivity contribution in [3.05, 3.63) is 35.5 Å². The normalized spacial score (nSPS) is 17.5. The molecule has 26 heavy (non-hydrogen) atoms. The highest BCUT2D eigenvalue weighted by Gasteiger charge is 2.12. The highest BCUT2D eigenvalue weighted by Crippen LogP contribution is 2.25. The van der Waals surface area contributed by atoms with Crippen molar-refractivity contribution in [2.45, 2.75) is 52.9 Å². The molecule has 2 rings (SSSR count). The highest BCUT2D eigenvalue weighted by molar-refractivity contribution is 6.04. The van der Waals surface area contributed by atoms with Gasteiger partial charge in [0.15, 0.2) is 0 Å². The molecule has 1 saturated carbocycles. The Morgan fingerprint density at radius 1 is 0.962 bits per heavy atom. The lowest BCUT2D eigenvalue weighted by Gasteiger charge is -2.18. The van der Waals surface area contributed by atoms with Crippen LogP contribution in [0.1, 0.15) is 52.9 Å². The maximum Gasteiger partial charge on any atom is 0.338 e. The number of esters is 2. The molecule has 0 saturated heterocycles. The SMILES string of the molecule is CC(=CC1CCCCC1)C(=O)O.CC=C(C)C(=O)O.O=C1C=CC(=O)O1. The molecule has 0 aromatic heterocycles. The average molecular weight is 366 g/mol. The summed E-state index contributed by atoms with van der Waals surface area (Å²) in [6.45, 7) is 4.93. The van der Waals surface area contributed by atoms with E-state index in [4.69, 9.17) is 10.2 Å². The van der Waals surface area contributed by atoms with Gasteiger partial charge in [0, 0.05) is 23.3 Å². The molecule has 144 valence electrons. The molecular formula is C19H26O7. The third-order valence-electron chi connectivity index (χ3n) is 3.80. The van der Waals surface area contributed by atoms with Gasteiger partial charge in [0.05, 0.1) is 0 Å². The number of aliphatic carboxylic acids is 2. The van der Waals surface area contributed by atoms with Crippen LogP contribution in [0.5, 0.6) is 0 Å². The van der Waals surface area contributed by atoms with Gasteiger partial charge < -0.3 is 14.9 Å². The van der Waals surface area contributed by atoms with Crippen molar-refractivity contribution in [2.24, 2.45) is 5.92 Å². The van der Waals surface area contributed by atoms with Gasteiger partial charge in [0.2, 0.25) is 0 Å². The molecular weight excluding hydrogens is 340 g/mol. The fourth-order valence-electron chi connectivity index (χ4n) is 2.15. The van der Waals surface area contributed by atoms with Gasteiger partial charge in [-0.05, 0) is 39.5 Å². The molecule has 2 aliphatic rings. The lowest BCUT2D eigenvalue weighted by molar-refractivity contribution is -0.150. The van der Waals surface area contributed by atoms with Crippen molar-refractivity contribution >= 4 is 23.9 Å². The molecule has 0 radical (unpaired) electrons. The van der Waals surface area contributed by atoms with Crippen LogP contribution in [0.15, 0.2) is 35.5 Å². The van der Waals surface area contributed by atoms with E-state index in [2.05, 4.69) is 4.74 Å². The van der Waals surface area contributed by atoms with Gasteiger partial charge in [0.25, 0.3) is 0 Å². The molecule has 1 fully saturated rings. The number of rotatable bonds is 3. The van der Waals surface area contributed by atoms with Crippen molar-refractivity contribution in [3.63, 3.8) is 0 Å². The van der Waals surface area contributed by atoms with Gasteiger partial charge in [-0.1, -0.05) is 31.4 Å². The fourth-order valence-corrected chi connectivity index (χ4v) is 2.15. The van der Waals surface area contributed by atoms with Crippen LogP contribution in [0.4, 0.5) is 0 Å². The van der Waals surface area contributed by atoms with E-state index >= 15 is 0 Å². The summed E-state index contributed by atoms with van der Waals surface area (Å²) in [6, 6.07) is 0. The summed E-state index contributed by atoms with van der Waals surface area (Å²) in [6.07, 6.45) is 11.8. The Bertz CT molecular complexity index is 587. The first-order valence-corrected chi connectivity index (χ1v) is 8.39. The highest BCUT2D eigenvalue weighted by atomic mass is 16.6. The second kappa shape index (κ2) is 12.6. The first-order valence-electron chi connectivity index (χ1n) is 8.39. The zero-order chi connectivity index (χ0) is 20.1. The Kier molecular flexibility index (Phi) is 11.3. The lowest BCUT2D eigenvalue weighted by Crippen LogP contribution is -2.06. The average Bonchev–Trinajstić information content (AvgIpc) is 2.99. The summed E-state index contributed by atoms with van der Waals surface area (Å²) in [7, 11) is 0. The maximum atomic E-state index is 10.5. The quantitative estimate of drug-likeness (QED) is 0.447. The van der Waals surface area contributed by atoms with Crippen molar-refractivity contribution < 1.29 is 34.1 Å². The van der Waals surface area contributed by atoms with Gasteiger partial charge >= 0.3 is 23.9 Å². The first-order chi connectivity index (χ1) is 12.2. The lowest BCUT2D eigenvalue weighted by atomic mass is 9.88. The Morgan fingerprint density at radius 2 is 1.42 bits per heavy atom. The molecule has 0 spiro atoms. The third kappa shape index (κ3) is 11.0. The predicted octanol–water partition coefficient (Wildman–Crippen LogP) is 3.26. The van der Waals surface area contributed by atoms with Crippen molar-refractivity contribution in [1.29, 1.82) is 0 Å². The van der Waals surface area contributed by atoms with E-state index in [-0.39, 0.29) is 0 Å². The van der Waals surface area contributed by atoms with E-state index in [0.29, 0.717) is 17.1 Å². The molecule has 0 bridgehead atoms. The molecule has 0 atom stereocenters. The van der Waals surface area contributed by atoms with Gasteiger partial charge in [-0.15, -0.1) is 0 Å². The number of carbonyl (C=O) groups excluding carboxylic acids is 2. The summed E-state index contributed by atoms with van der Waals surface area (Å²) in [5.74, 6) is -2.26. The first kappa shape index (κ1) is 23.3. The van der Waals surface area contributed by atoms with Crippen LogP contribution in [0, 0.1) is 5.92 Å². The second-order valence-electron chi connectivity index (χ2n) is 5.90. The summed E-state index contributed by atoms with van der Waals surface area (Å²) < 4.78 is 3.97. The maximum absolute atomic E-state index is 10.5. The molecule has 7 nitrogen and oxygen atoms in total. The summed E-state index contributed by atoms with van der Waals surface area (Å²) in [5, 5.41) is 16.8. The molecule has 1 aliphatic carbocycles. The molecule has 0 unspecified atom stereocenters. The van der Waals surface area contributed by atoms with Crippen molar-refractivity contribution in [2.75, 3.05) is 0 Å². The minimum Gasteiger partial charge on any atom is -0.478 e. The van der Waals surface area contributed by atoms with Gasteiger partial charge in [0.1, 0.15) is 0 Å². The van der Waals surface area contributed by atoms with Crippen LogP contribution in [0.3, 0.4) is 0 Å². The van der Waals surface area contributed by atoms with Crippen LogP contribution in [0.2, 0.25) is 0 Å². The summed E-state index contributed by atoms with van der Waals surface area (Å²) in [4.78, 5) is 40.2. The number of carbonyl (C=O) groups is 4. The second-order valence-corrected chi connectivity index (χ2v) is 5.90. The van der Waals surface area contributed by atoms with Crippen molar-refractivity contribution in [3.8, 4) is 0 Å². The van der Waals surface area contributed by atoms with E-state index in [1.165, 1.54) is 32.1 Å². The van der Waals surface area contributed by atoms with Crippen LogP contribution >= 0.6 is 0 Å². The Balaban J connectivity index is 0.000000385. The largest absolute Gasteiger partial charge is 0.478 e. The molecule has 0 aromatic rings. The minimum atomic E-state index is -0.845. The molecule has 7 heteroatoms. The van der Waals surface area contributed by atoms with E-state index < -0.39 is 23.9 Å². The summed E-state index contributed by atoms with van der Waals surface area (Å²) >= 11 is 0. The van der Waals surface area contributed by atoms with E-state index in [1.807, 2.05) is 6.08 Å². The van der Waals surface area contributed by atoms with Crippen LogP contribution in [0.25, 0.3) is 0 Å². The van der Waals surface area contributed by atoms with Crippen molar-refractivity contribution in [1.82, 2.24) is 0 Å². The Labute approximate surface area is 153 Å². The Hall–Kier alpha value is -2.70.